The quantitative estimate of drug-likeness (QED) is 0.776. The summed E-state index contributed by atoms with van der Waals surface area (Å²) in [6, 6.07) is 6.28. The zero-order valence-corrected chi connectivity index (χ0v) is 11.9. The number of alkyl halides is 1. The van der Waals surface area contributed by atoms with E-state index in [-0.39, 0.29) is 0 Å². The number of halogens is 1. The molecule has 0 saturated carbocycles. The fourth-order valence-corrected chi connectivity index (χ4v) is 3.92. The minimum absolute atomic E-state index is 0.627. The molecule has 1 saturated heterocycles. The molecule has 0 bridgehead atoms. The van der Waals surface area contributed by atoms with Crippen molar-refractivity contribution >= 4 is 38.4 Å². The maximum atomic E-state index is 13.1. The number of benzene rings is 1. The molecule has 0 amide bonds. The number of hydrogen-bond acceptors (Lipinski definition) is 4. The van der Waals surface area contributed by atoms with E-state index < -0.39 is 6.17 Å². The monoisotopic (exact) mass is 282 g/mol. The molecule has 0 aliphatic carbocycles. The molecule has 1 aliphatic heterocycles. The molecule has 1 aromatic heterocycles. The Bertz CT molecular complexity index is 547. The molecule has 1 aromatic carbocycles. The number of aromatic nitrogens is 1. The van der Waals surface area contributed by atoms with Gasteiger partial charge in [-0.25, -0.2) is 9.37 Å². The number of para-hydroxylation sites is 1. The highest BCUT2D eigenvalue weighted by Gasteiger charge is 2.21. The van der Waals surface area contributed by atoms with Gasteiger partial charge in [0.1, 0.15) is 6.17 Å². The summed E-state index contributed by atoms with van der Waals surface area (Å²) in [7, 11) is 0. The molecule has 1 aliphatic rings. The third-order valence-corrected chi connectivity index (χ3v) is 5.14. The number of piperidine rings is 1. The van der Waals surface area contributed by atoms with Crippen LogP contribution in [0.15, 0.2) is 23.1 Å². The summed E-state index contributed by atoms with van der Waals surface area (Å²) in [5.74, 6) is 0. The lowest BCUT2D eigenvalue weighted by atomic mass is 10.1. The van der Waals surface area contributed by atoms with Crippen molar-refractivity contribution in [3.05, 3.63) is 18.2 Å². The third-order valence-electron chi connectivity index (χ3n) is 3.29. The van der Waals surface area contributed by atoms with E-state index in [1.165, 1.54) is 9.60 Å². The zero-order chi connectivity index (χ0) is 12.5. The normalized spacial score (nSPS) is 17.6. The van der Waals surface area contributed by atoms with Gasteiger partial charge in [-0.3, -0.25) is 0 Å². The average molecular weight is 282 g/mol. The molecular formula is C13H15FN2S2. The first-order valence-corrected chi connectivity index (χ1v) is 8.14. The molecule has 5 heteroatoms. The van der Waals surface area contributed by atoms with Gasteiger partial charge in [-0.2, -0.15) is 0 Å². The number of hydrogen-bond donors (Lipinski definition) is 0. The zero-order valence-electron chi connectivity index (χ0n) is 10.2. The molecule has 2 nitrogen and oxygen atoms in total. The van der Waals surface area contributed by atoms with Gasteiger partial charge in [0.15, 0.2) is 5.13 Å². The SMILES string of the molecule is CSc1cccc2sc(N3CCC(F)CC3)nc12. The number of thioether (sulfide) groups is 1. The number of anilines is 1. The second-order valence-corrected chi connectivity index (χ2v) is 6.32. The third kappa shape index (κ3) is 2.21. The van der Waals surface area contributed by atoms with E-state index in [1.54, 1.807) is 23.1 Å². The molecule has 0 spiro atoms. The van der Waals surface area contributed by atoms with E-state index >= 15 is 0 Å². The topological polar surface area (TPSA) is 16.1 Å². The maximum absolute atomic E-state index is 13.1. The highest BCUT2D eigenvalue weighted by Crippen LogP contribution is 2.35. The Kier molecular flexibility index (Phi) is 3.43. The summed E-state index contributed by atoms with van der Waals surface area (Å²) in [5, 5.41) is 1.04. The van der Waals surface area contributed by atoms with Crippen molar-refractivity contribution in [2.75, 3.05) is 24.2 Å². The molecule has 2 heterocycles. The average Bonchev–Trinajstić information content (AvgIpc) is 2.83. The standard InChI is InChI=1S/C13H15FN2S2/c1-17-10-3-2-4-11-12(10)15-13(18-11)16-7-5-9(14)6-8-16/h2-4,9H,5-8H2,1H3. The maximum Gasteiger partial charge on any atom is 0.186 e. The summed E-state index contributed by atoms with van der Waals surface area (Å²) in [5.41, 5.74) is 1.09. The van der Waals surface area contributed by atoms with Crippen LogP contribution in [0.5, 0.6) is 0 Å². The highest BCUT2D eigenvalue weighted by molar-refractivity contribution is 7.98. The van der Waals surface area contributed by atoms with Gasteiger partial charge >= 0.3 is 0 Å². The Hall–Kier alpha value is -0.810. The molecule has 2 aromatic rings. The van der Waals surface area contributed by atoms with Crippen molar-refractivity contribution in [3.63, 3.8) is 0 Å². The van der Waals surface area contributed by atoms with Gasteiger partial charge in [0, 0.05) is 18.0 Å². The first-order valence-electron chi connectivity index (χ1n) is 6.10. The van der Waals surface area contributed by atoms with Crippen LogP contribution in [0.2, 0.25) is 0 Å². The smallest absolute Gasteiger partial charge is 0.186 e. The molecule has 0 atom stereocenters. The number of fused-ring (bicyclic) bond motifs is 1. The van der Waals surface area contributed by atoms with Crippen LogP contribution in [0.25, 0.3) is 10.2 Å². The van der Waals surface area contributed by atoms with Crippen LogP contribution in [0.1, 0.15) is 12.8 Å². The van der Waals surface area contributed by atoms with Crippen molar-refractivity contribution in [2.45, 2.75) is 23.9 Å². The van der Waals surface area contributed by atoms with Gasteiger partial charge in [0.2, 0.25) is 0 Å². The molecule has 18 heavy (non-hydrogen) atoms. The van der Waals surface area contributed by atoms with Crippen LogP contribution in [0, 0.1) is 0 Å². The molecule has 0 unspecified atom stereocenters. The molecule has 96 valence electrons. The Labute approximate surface area is 114 Å². The fourth-order valence-electron chi connectivity index (χ4n) is 2.25. The summed E-state index contributed by atoms with van der Waals surface area (Å²) >= 11 is 3.44. The predicted molar refractivity (Wildman–Crippen MR) is 77.7 cm³/mol. The summed E-state index contributed by atoms with van der Waals surface area (Å²) in [6.45, 7) is 1.57. The summed E-state index contributed by atoms with van der Waals surface area (Å²) in [6.07, 6.45) is 2.70. The van der Waals surface area contributed by atoms with Gasteiger partial charge in [0.05, 0.1) is 10.2 Å². The van der Waals surface area contributed by atoms with Crippen LogP contribution in [-0.4, -0.2) is 30.5 Å². The second kappa shape index (κ2) is 5.05. The van der Waals surface area contributed by atoms with Gasteiger partial charge in [0.25, 0.3) is 0 Å². The Morgan fingerprint density at radius 2 is 2.17 bits per heavy atom. The van der Waals surface area contributed by atoms with Gasteiger partial charge in [-0.1, -0.05) is 17.4 Å². The van der Waals surface area contributed by atoms with Crippen LogP contribution < -0.4 is 4.90 Å². The molecule has 0 N–H and O–H groups in total. The van der Waals surface area contributed by atoms with Gasteiger partial charge in [-0.15, -0.1) is 11.8 Å². The van der Waals surface area contributed by atoms with Crippen LogP contribution in [-0.2, 0) is 0 Å². The Balaban J connectivity index is 1.93. The number of nitrogens with zero attached hydrogens (tertiary/aromatic N) is 2. The minimum atomic E-state index is -0.627. The molecule has 1 fully saturated rings. The van der Waals surface area contributed by atoms with Crippen molar-refractivity contribution in [2.24, 2.45) is 0 Å². The lowest BCUT2D eigenvalue weighted by molar-refractivity contribution is 0.277. The molecule has 0 radical (unpaired) electrons. The van der Waals surface area contributed by atoms with Crippen LogP contribution in [0.4, 0.5) is 9.52 Å². The van der Waals surface area contributed by atoms with Gasteiger partial charge < -0.3 is 4.90 Å². The number of rotatable bonds is 2. The van der Waals surface area contributed by atoms with Gasteiger partial charge in [-0.05, 0) is 31.2 Å². The molecular weight excluding hydrogens is 267 g/mol. The summed E-state index contributed by atoms with van der Waals surface area (Å²) in [4.78, 5) is 8.16. The van der Waals surface area contributed by atoms with E-state index in [9.17, 15) is 4.39 Å². The van der Waals surface area contributed by atoms with E-state index in [4.69, 9.17) is 4.98 Å². The lowest BCUT2D eigenvalue weighted by Gasteiger charge is -2.27. The van der Waals surface area contributed by atoms with E-state index in [0.717, 1.165) is 23.7 Å². The minimum Gasteiger partial charge on any atom is -0.348 e. The number of thiazole rings is 1. The molecule has 3 rings (SSSR count). The Morgan fingerprint density at radius 1 is 1.39 bits per heavy atom. The fraction of sp³-hybridized carbons (Fsp3) is 0.462. The largest absolute Gasteiger partial charge is 0.348 e. The van der Waals surface area contributed by atoms with E-state index in [1.807, 2.05) is 0 Å². The lowest BCUT2D eigenvalue weighted by Crippen LogP contribution is -2.34. The first kappa shape index (κ1) is 12.2. The van der Waals surface area contributed by atoms with Crippen LogP contribution in [0.3, 0.4) is 0 Å². The second-order valence-electron chi connectivity index (χ2n) is 4.47. The Morgan fingerprint density at radius 3 is 2.89 bits per heavy atom. The van der Waals surface area contributed by atoms with Crippen molar-refractivity contribution < 1.29 is 4.39 Å². The predicted octanol–water partition coefficient (Wildman–Crippen LogP) is 3.96. The summed E-state index contributed by atoms with van der Waals surface area (Å²) < 4.78 is 14.4. The first-order chi connectivity index (χ1) is 8.78. The highest BCUT2D eigenvalue weighted by atomic mass is 32.2. The van der Waals surface area contributed by atoms with Crippen molar-refractivity contribution in [1.29, 1.82) is 0 Å². The van der Waals surface area contributed by atoms with Crippen LogP contribution >= 0.6 is 23.1 Å². The van der Waals surface area contributed by atoms with E-state index in [0.29, 0.717) is 12.8 Å². The van der Waals surface area contributed by atoms with E-state index in [2.05, 4.69) is 29.4 Å². The van der Waals surface area contributed by atoms with Crippen molar-refractivity contribution in [3.8, 4) is 0 Å². The van der Waals surface area contributed by atoms with Crippen molar-refractivity contribution in [1.82, 2.24) is 4.98 Å².